The zero-order valence-corrected chi connectivity index (χ0v) is 11.3. The molecule has 0 N–H and O–H groups in total. The molecule has 1 heteroatoms. The summed E-state index contributed by atoms with van der Waals surface area (Å²) >= 11 is 0. The largest absolute Gasteiger partial charge is 0.289 e. The Bertz CT molecular complexity index is 594. The van der Waals surface area contributed by atoms with Crippen molar-refractivity contribution in [3.05, 3.63) is 83.8 Å². The van der Waals surface area contributed by atoms with E-state index in [2.05, 4.69) is 0 Å². The molecule has 0 spiro atoms. The van der Waals surface area contributed by atoms with Crippen molar-refractivity contribution in [1.29, 1.82) is 0 Å². The molecule has 2 aromatic rings. The van der Waals surface area contributed by atoms with Gasteiger partial charge >= 0.3 is 0 Å². The smallest absolute Gasteiger partial charge is 0.193 e. The third-order valence-corrected chi connectivity index (χ3v) is 2.83. The van der Waals surface area contributed by atoms with E-state index in [1.807, 2.05) is 80.9 Å². The minimum atomic E-state index is 0.0775. The lowest BCUT2D eigenvalue weighted by Gasteiger charge is -2.02. The molecule has 0 aromatic heterocycles. The zero-order chi connectivity index (χ0) is 13.7. The quantitative estimate of drug-likeness (QED) is 0.729. The summed E-state index contributed by atoms with van der Waals surface area (Å²) in [6, 6.07) is 17.1. The summed E-state index contributed by atoms with van der Waals surface area (Å²) in [5.74, 6) is 0.0775. The molecule has 3 rings (SSSR count). The van der Waals surface area contributed by atoms with Crippen LogP contribution < -0.4 is 0 Å². The maximum atomic E-state index is 12.2. The SMILES string of the molecule is CC.O=C(c1ccccc1)c1cccc(C2=C[CH]2)c1. The summed E-state index contributed by atoms with van der Waals surface area (Å²) in [7, 11) is 0. The third kappa shape index (κ3) is 3.19. The van der Waals surface area contributed by atoms with E-state index in [0.717, 1.165) is 16.7 Å². The minimum absolute atomic E-state index is 0.0775. The number of ketones is 1. The van der Waals surface area contributed by atoms with Gasteiger partial charge in [0.15, 0.2) is 5.78 Å². The van der Waals surface area contributed by atoms with Crippen LogP contribution in [0.2, 0.25) is 0 Å². The molecule has 0 saturated heterocycles. The number of allylic oxidation sites excluding steroid dienone is 2. The first-order valence-electron chi connectivity index (χ1n) is 6.60. The fraction of sp³-hybridized carbons (Fsp3) is 0.111. The van der Waals surface area contributed by atoms with Gasteiger partial charge in [-0.2, -0.15) is 0 Å². The molecule has 1 aliphatic rings. The Labute approximate surface area is 114 Å². The highest BCUT2D eigenvalue weighted by atomic mass is 16.1. The predicted molar refractivity (Wildman–Crippen MR) is 79.9 cm³/mol. The van der Waals surface area contributed by atoms with Gasteiger partial charge in [0.1, 0.15) is 0 Å². The molecule has 0 amide bonds. The van der Waals surface area contributed by atoms with E-state index >= 15 is 0 Å². The van der Waals surface area contributed by atoms with Crippen LogP contribution in [-0.4, -0.2) is 5.78 Å². The number of carbonyl (C=O) groups excluding carboxylic acids is 1. The first-order chi connectivity index (χ1) is 9.34. The van der Waals surface area contributed by atoms with E-state index in [1.54, 1.807) is 0 Å². The second kappa shape index (κ2) is 6.14. The molecule has 2 aromatic carbocycles. The normalized spacial score (nSPS) is 12.0. The van der Waals surface area contributed by atoms with E-state index in [4.69, 9.17) is 0 Å². The van der Waals surface area contributed by atoms with Gasteiger partial charge in [-0.25, -0.2) is 0 Å². The van der Waals surface area contributed by atoms with Crippen LogP contribution in [0.3, 0.4) is 0 Å². The third-order valence-electron chi connectivity index (χ3n) is 2.83. The summed E-state index contributed by atoms with van der Waals surface area (Å²) < 4.78 is 0. The Morgan fingerprint density at radius 2 is 1.47 bits per heavy atom. The van der Waals surface area contributed by atoms with Crippen molar-refractivity contribution in [1.82, 2.24) is 0 Å². The molecule has 0 unspecified atom stereocenters. The lowest BCUT2D eigenvalue weighted by Crippen LogP contribution is -2.00. The van der Waals surface area contributed by atoms with Crippen molar-refractivity contribution in [2.45, 2.75) is 13.8 Å². The molecule has 0 saturated carbocycles. The number of carbonyl (C=O) groups is 1. The van der Waals surface area contributed by atoms with Crippen molar-refractivity contribution >= 4 is 11.4 Å². The molecular weight excluding hydrogens is 232 g/mol. The van der Waals surface area contributed by atoms with Crippen LogP contribution in [0.25, 0.3) is 5.57 Å². The fourth-order valence-corrected chi connectivity index (χ4v) is 1.83. The van der Waals surface area contributed by atoms with E-state index in [1.165, 1.54) is 5.57 Å². The lowest BCUT2D eigenvalue weighted by atomic mass is 10.0. The maximum absolute atomic E-state index is 12.2. The molecule has 0 atom stereocenters. The Morgan fingerprint density at radius 1 is 0.842 bits per heavy atom. The molecule has 0 heterocycles. The molecule has 19 heavy (non-hydrogen) atoms. The second-order valence-corrected chi connectivity index (χ2v) is 4.06. The first-order valence-corrected chi connectivity index (χ1v) is 6.60. The second-order valence-electron chi connectivity index (χ2n) is 4.06. The van der Waals surface area contributed by atoms with Crippen LogP contribution in [0.1, 0.15) is 35.3 Å². The Hall–Kier alpha value is -2.15. The van der Waals surface area contributed by atoms with Crippen LogP contribution in [0.4, 0.5) is 0 Å². The van der Waals surface area contributed by atoms with Gasteiger partial charge in [-0.05, 0) is 17.2 Å². The van der Waals surface area contributed by atoms with Gasteiger partial charge in [-0.3, -0.25) is 4.79 Å². The lowest BCUT2D eigenvalue weighted by molar-refractivity contribution is 0.103. The molecule has 1 radical (unpaired) electrons. The van der Waals surface area contributed by atoms with Gasteiger partial charge in [-0.15, -0.1) is 0 Å². The monoisotopic (exact) mass is 249 g/mol. The highest BCUT2D eigenvalue weighted by Crippen LogP contribution is 2.30. The van der Waals surface area contributed by atoms with Gasteiger partial charge in [0.05, 0.1) is 0 Å². The fourth-order valence-electron chi connectivity index (χ4n) is 1.83. The van der Waals surface area contributed by atoms with Crippen LogP contribution in [0.15, 0.2) is 60.7 Å². The Kier molecular flexibility index (Phi) is 4.30. The molecule has 0 bridgehead atoms. The van der Waals surface area contributed by atoms with Crippen LogP contribution in [-0.2, 0) is 0 Å². The summed E-state index contributed by atoms with van der Waals surface area (Å²) in [5, 5.41) is 0. The van der Waals surface area contributed by atoms with Crippen LogP contribution in [0, 0.1) is 6.42 Å². The van der Waals surface area contributed by atoms with E-state index < -0.39 is 0 Å². The number of rotatable bonds is 3. The highest BCUT2D eigenvalue weighted by Gasteiger charge is 2.13. The molecule has 95 valence electrons. The summed E-state index contributed by atoms with van der Waals surface area (Å²) in [6.07, 6.45) is 4.10. The zero-order valence-electron chi connectivity index (χ0n) is 11.3. The number of hydrogen-bond acceptors (Lipinski definition) is 1. The summed E-state index contributed by atoms with van der Waals surface area (Å²) in [5.41, 5.74) is 3.81. The summed E-state index contributed by atoms with van der Waals surface area (Å²) in [6.45, 7) is 4.00. The van der Waals surface area contributed by atoms with Crippen LogP contribution in [0.5, 0.6) is 0 Å². The standard InChI is InChI=1S/C16H11O.C2H6/c17-16(13-5-2-1-3-6-13)15-8-4-7-14(11-15)12-9-10-12;1-2/h1-11H;1-2H3. The van der Waals surface area contributed by atoms with Gasteiger partial charge in [0.2, 0.25) is 0 Å². The minimum Gasteiger partial charge on any atom is -0.289 e. The average molecular weight is 249 g/mol. The van der Waals surface area contributed by atoms with Gasteiger partial charge in [0.25, 0.3) is 0 Å². The topological polar surface area (TPSA) is 17.1 Å². The van der Waals surface area contributed by atoms with Gasteiger partial charge < -0.3 is 0 Å². The Morgan fingerprint density at radius 3 is 2.11 bits per heavy atom. The van der Waals surface area contributed by atoms with Crippen molar-refractivity contribution in [2.75, 3.05) is 0 Å². The van der Waals surface area contributed by atoms with Crippen LogP contribution >= 0.6 is 0 Å². The van der Waals surface area contributed by atoms with E-state index in [-0.39, 0.29) is 5.78 Å². The van der Waals surface area contributed by atoms with Crippen molar-refractivity contribution < 1.29 is 4.79 Å². The first kappa shape index (κ1) is 13.3. The van der Waals surface area contributed by atoms with Crippen molar-refractivity contribution in [2.24, 2.45) is 0 Å². The van der Waals surface area contributed by atoms with E-state index in [0.29, 0.717) is 0 Å². The predicted octanol–water partition coefficient (Wildman–Crippen LogP) is 4.55. The molecule has 1 nitrogen and oxygen atoms in total. The highest BCUT2D eigenvalue weighted by molar-refractivity contribution is 6.09. The van der Waals surface area contributed by atoms with Crippen molar-refractivity contribution in [3.8, 4) is 0 Å². The van der Waals surface area contributed by atoms with Gasteiger partial charge in [-0.1, -0.05) is 68.5 Å². The van der Waals surface area contributed by atoms with E-state index in [9.17, 15) is 4.79 Å². The average Bonchev–Trinajstić information content (AvgIpc) is 3.34. The molecule has 1 aliphatic carbocycles. The molecular formula is C18H17O. The molecule has 0 fully saturated rings. The Balaban J connectivity index is 0.000000637. The van der Waals surface area contributed by atoms with Crippen molar-refractivity contribution in [3.63, 3.8) is 0 Å². The maximum Gasteiger partial charge on any atom is 0.193 e. The number of hydrogen-bond donors (Lipinski definition) is 0. The summed E-state index contributed by atoms with van der Waals surface area (Å²) in [4.78, 5) is 12.2. The number of benzene rings is 2. The van der Waals surface area contributed by atoms with Gasteiger partial charge in [0, 0.05) is 17.5 Å². The molecule has 0 aliphatic heterocycles.